The Balaban J connectivity index is 0.00000370. The molecule has 0 amide bonds. The summed E-state index contributed by atoms with van der Waals surface area (Å²) in [6, 6.07) is 17.4. The van der Waals surface area contributed by atoms with Crippen molar-refractivity contribution in [2.24, 2.45) is 0 Å². The Kier molecular flexibility index (Phi) is 9.59. The van der Waals surface area contributed by atoms with Gasteiger partial charge in [-0.1, -0.05) is 24.6 Å². The molecule has 3 heterocycles. The third-order valence-electron chi connectivity index (χ3n) is 7.38. The van der Waals surface area contributed by atoms with Gasteiger partial charge in [0, 0.05) is 49.7 Å². The van der Waals surface area contributed by atoms with Gasteiger partial charge in [-0.3, -0.25) is 9.20 Å². The van der Waals surface area contributed by atoms with Crippen molar-refractivity contribution in [2.45, 2.75) is 46.1 Å². The summed E-state index contributed by atoms with van der Waals surface area (Å²) in [5.74, 6) is 0.529. The Labute approximate surface area is 246 Å². The number of carbonyl (C=O) groups excluding carboxylic acids is 1. The van der Waals surface area contributed by atoms with E-state index in [1.807, 2.05) is 38.1 Å². The topological polar surface area (TPSA) is 50.1 Å². The largest absolute Gasteiger partial charge is 0.494 e. The number of piperazine rings is 1. The van der Waals surface area contributed by atoms with Crippen LogP contribution in [0.3, 0.4) is 0 Å². The number of pyridine rings is 1. The molecule has 0 spiro atoms. The molecule has 0 unspecified atom stereocenters. The summed E-state index contributed by atoms with van der Waals surface area (Å²) in [4.78, 5) is 22.4. The molecule has 0 N–H and O–H groups in total. The van der Waals surface area contributed by atoms with Crippen molar-refractivity contribution in [1.29, 1.82) is 0 Å². The van der Waals surface area contributed by atoms with E-state index in [0.29, 0.717) is 41.4 Å². The fourth-order valence-corrected chi connectivity index (χ4v) is 5.55. The number of benzene rings is 2. The third-order valence-corrected chi connectivity index (χ3v) is 7.61. The Morgan fingerprint density at radius 2 is 1.82 bits per heavy atom. The molecule has 4 aromatic rings. The zero-order valence-electron chi connectivity index (χ0n) is 23.1. The number of halogens is 3. The maximum absolute atomic E-state index is 15.2. The first-order valence-electron chi connectivity index (χ1n) is 13.6. The molecule has 2 aromatic carbocycles. The summed E-state index contributed by atoms with van der Waals surface area (Å²) in [5.41, 5.74) is 4.52. The SMILES string of the molecule is CCOc1ccc(N2CCN(c3ccc(CCC(=O)c4c(CC)nc5ccc(Cl)cn45)c(F)c3)C[C@@H]2C)cc1.Cl. The summed E-state index contributed by atoms with van der Waals surface area (Å²) in [6.07, 6.45) is 2.86. The monoisotopic (exact) mass is 584 g/mol. The van der Waals surface area contributed by atoms with Gasteiger partial charge in [0.05, 0.1) is 17.3 Å². The zero-order chi connectivity index (χ0) is 27.5. The zero-order valence-corrected chi connectivity index (χ0v) is 24.6. The molecule has 1 saturated heterocycles. The van der Waals surface area contributed by atoms with E-state index < -0.39 is 0 Å². The summed E-state index contributed by atoms with van der Waals surface area (Å²) in [7, 11) is 0. The number of hydrogen-bond acceptors (Lipinski definition) is 5. The quantitative estimate of drug-likeness (QED) is 0.197. The van der Waals surface area contributed by atoms with Crippen molar-refractivity contribution in [3.05, 3.63) is 88.6 Å². The lowest BCUT2D eigenvalue weighted by Gasteiger charge is -2.42. The van der Waals surface area contributed by atoms with E-state index >= 15 is 4.39 Å². The average Bonchev–Trinajstić information content (AvgIpc) is 3.30. The first-order chi connectivity index (χ1) is 18.9. The first kappa shape index (κ1) is 29.7. The van der Waals surface area contributed by atoms with Crippen LogP contribution in [0.4, 0.5) is 15.8 Å². The van der Waals surface area contributed by atoms with Crippen LogP contribution in [0.2, 0.25) is 5.02 Å². The predicted molar refractivity (Wildman–Crippen MR) is 163 cm³/mol. The minimum Gasteiger partial charge on any atom is -0.494 e. The molecule has 0 aliphatic carbocycles. The van der Waals surface area contributed by atoms with Gasteiger partial charge in [0.2, 0.25) is 0 Å². The molecule has 0 saturated carbocycles. The number of ether oxygens (including phenoxy) is 1. The normalized spacial score (nSPS) is 15.3. The number of Topliss-reactive ketones (excluding diaryl/α,β-unsaturated/α-hetero) is 1. The fourth-order valence-electron chi connectivity index (χ4n) is 5.39. The van der Waals surface area contributed by atoms with Gasteiger partial charge >= 0.3 is 0 Å². The number of rotatable bonds is 9. The van der Waals surface area contributed by atoms with Crippen molar-refractivity contribution in [3.63, 3.8) is 0 Å². The van der Waals surface area contributed by atoms with Crippen LogP contribution in [-0.4, -0.2) is 47.5 Å². The molecule has 2 aromatic heterocycles. The fraction of sp³-hybridized carbons (Fsp3) is 0.355. The summed E-state index contributed by atoms with van der Waals surface area (Å²) >= 11 is 6.16. The van der Waals surface area contributed by atoms with E-state index in [1.54, 1.807) is 28.8 Å². The van der Waals surface area contributed by atoms with E-state index in [1.165, 1.54) is 0 Å². The molecule has 0 bridgehead atoms. The number of nitrogens with zero attached hydrogens (tertiary/aromatic N) is 4. The predicted octanol–water partition coefficient (Wildman–Crippen LogP) is 7.04. The van der Waals surface area contributed by atoms with Crippen molar-refractivity contribution in [3.8, 4) is 5.75 Å². The maximum Gasteiger partial charge on any atom is 0.181 e. The lowest BCUT2D eigenvalue weighted by molar-refractivity contribution is 0.0976. The molecular weight excluding hydrogens is 550 g/mol. The van der Waals surface area contributed by atoms with Crippen LogP contribution in [0.5, 0.6) is 5.75 Å². The Hall–Kier alpha value is -3.29. The van der Waals surface area contributed by atoms with Gasteiger partial charge in [-0.2, -0.15) is 0 Å². The molecule has 9 heteroatoms. The van der Waals surface area contributed by atoms with Gasteiger partial charge in [-0.15, -0.1) is 12.4 Å². The van der Waals surface area contributed by atoms with Crippen molar-refractivity contribution in [1.82, 2.24) is 9.38 Å². The van der Waals surface area contributed by atoms with Gasteiger partial charge in [-0.25, -0.2) is 9.37 Å². The number of imidazole rings is 1. The minimum atomic E-state index is -0.279. The van der Waals surface area contributed by atoms with Gasteiger partial charge in [0.15, 0.2) is 5.78 Å². The van der Waals surface area contributed by atoms with Crippen LogP contribution in [-0.2, 0) is 12.8 Å². The van der Waals surface area contributed by atoms with E-state index in [2.05, 4.69) is 33.8 Å². The smallest absolute Gasteiger partial charge is 0.181 e. The first-order valence-corrected chi connectivity index (χ1v) is 14.0. The second-order valence-electron chi connectivity index (χ2n) is 9.95. The maximum atomic E-state index is 15.2. The van der Waals surface area contributed by atoms with Crippen molar-refractivity contribution < 1.29 is 13.9 Å². The Morgan fingerprint density at radius 1 is 1.07 bits per heavy atom. The standard InChI is InChI=1S/C31H34ClFN4O2.ClH/c1-4-28-31(37-20-23(32)8-15-30(37)34-28)29(38)14-7-22-6-9-25(18-27(22)33)35-16-17-36(21(3)19-35)24-10-12-26(13-11-24)39-5-2;/h6,8-13,15,18,20-21H,4-5,7,14,16-17,19H2,1-3H3;1H/t21-;/m0./s1. The molecule has 1 aliphatic heterocycles. The lowest BCUT2D eigenvalue weighted by Crippen LogP contribution is -2.52. The van der Waals surface area contributed by atoms with Gasteiger partial charge < -0.3 is 14.5 Å². The number of aromatic nitrogens is 2. The Morgan fingerprint density at radius 3 is 2.50 bits per heavy atom. The van der Waals surface area contributed by atoms with Gasteiger partial charge in [0.25, 0.3) is 0 Å². The summed E-state index contributed by atoms with van der Waals surface area (Å²) in [5, 5.41) is 0.535. The van der Waals surface area contributed by atoms with E-state index in [4.69, 9.17) is 16.3 Å². The summed E-state index contributed by atoms with van der Waals surface area (Å²) < 4.78 is 22.5. The number of fused-ring (bicyclic) bond motifs is 1. The molecule has 1 aliphatic rings. The van der Waals surface area contributed by atoms with E-state index in [0.717, 1.165) is 42.5 Å². The molecule has 0 radical (unpaired) electrons. The highest BCUT2D eigenvalue weighted by Gasteiger charge is 2.25. The van der Waals surface area contributed by atoms with Gasteiger partial charge in [0.1, 0.15) is 22.9 Å². The lowest BCUT2D eigenvalue weighted by atomic mass is 10.0. The minimum absolute atomic E-state index is 0. The number of anilines is 2. The number of aryl methyl sites for hydroxylation is 2. The van der Waals surface area contributed by atoms with Gasteiger partial charge in [-0.05, 0) is 80.8 Å². The molecule has 5 rings (SSSR count). The number of carbonyl (C=O) groups is 1. The second-order valence-corrected chi connectivity index (χ2v) is 10.4. The molecule has 40 heavy (non-hydrogen) atoms. The van der Waals surface area contributed by atoms with Crippen LogP contribution >= 0.6 is 24.0 Å². The highest BCUT2D eigenvalue weighted by molar-refractivity contribution is 6.30. The van der Waals surface area contributed by atoms with Crippen molar-refractivity contribution in [2.75, 3.05) is 36.0 Å². The van der Waals surface area contributed by atoms with E-state index in [9.17, 15) is 4.79 Å². The number of ketones is 1. The molecule has 212 valence electrons. The van der Waals surface area contributed by atoms with Crippen LogP contribution in [0.25, 0.3) is 5.65 Å². The summed E-state index contributed by atoms with van der Waals surface area (Å²) in [6.45, 7) is 9.22. The third kappa shape index (κ3) is 6.21. The molecular formula is C31H35Cl2FN4O2. The van der Waals surface area contributed by atoms with Crippen LogP contribution in [0.15, 0.2) is 60.8 Å². The van der Waals surface area contributed by atoms with Crippen LogP contribution in [0, 0.1) is 5.82 Å². The average molecular weight is 586 g/mol. The van der Waals surface area contributed by atoms with Crippen molar-refractivity contribution >= 4 is 46.8 Å². The molecule has 6 nitrogen and oxygen atoms in total. The van der Waals surface area contributed by atoms with Crippen LogP contribution in [0.1, 0.15) is 48.9 Å². The Bertz CT molecular complexity index is 1470. The van der Waals surface area contributed by atoms with Crippen LogP contribution < -0.4 is 14.5 Å². The molecule has 1 atom stereocenters. The highest BCUT2D eigenvalue weighted by Crippen LogP contribution is 2.28. The number of hydrogen-bond donors (Lipinski definition) is 0. The second kappa shape index (κ2) is 12.9. The molecule has 1 fully saturated rings. The highest BCUT2D eigenvalue weighted by atomic mass is 35.5. The van der Waals surface area contributed by atoms with E-state index in [-0.39, 0.29) is 36.5 Å².